The average molecular weight is 477 g/mol. The summed E-state index contributed by atoms with van der Waals surface area (Å²) < 4.78 is 66.2. The monoisotopic (exact) mass is 477 g/mol. The molecular formula is C20H16F5N9. The number of hydrogen-bond donors (Lipinski definition) is 2. The van der Waals surface area contributed by atoms with Gasteiger partial charge in [0.1, 0.15) is 0 Å². The van der Waals surface area contributed by atoms with Gasteiger partial charge in [-0.25, -0.2) is 13.5 Å². The Morgan fingerprint density at radius 3 is 2.44 bits per heavy atom. The highest BCUT2D eigenvalue weighted by Gasteiger charge is 2.47. The normalized spacial score (nSPS) is 18.6. The van der Waals surface area contributed by atoms with Gasteiger partial charge in [-0.05, 0) is 31.0 Å². The summed E-state index contributed by atoms with van der Waals surface area (Å²) in [5, 5.41) is 18.5. The van der Waals surface area contributed by atoms with Crippen LogP contribution in [0.5, 0.6) is 0 Å². The van der Waals surface area contributed by atoms with Gasteiger partial charge in [-0.15, -0.1) is 0 Å². The van der Waals surface area contributed by atoms with Gasteiger partial charge in [0.05, 0.1) is 17.2 Å². The molecule has 176 valence electrons. The summed E-state index contributed by atoms with van der Waals surface area (Å²) in [6.45, 7) is 0. The van der Waals surface area contributed by atoms with E-state index in [0.717, 1.165) is 16.9 Å². The molecule has 0 atom stereocenters. The van der Waals surface area contributed by atoms with Crippen LogP contribution in [0.25, 0.3) is 5.95 Å². The van der Waals surface area contributed by atoms with Crippen LogP contribution in [0, 0.1) is 11.3 Å². The fourth-order valence-electron chi connectivity index (χ4n) is 3.57. The second kappa shape index (κ2) is 7.57. The molecule has 2 saturated carbocycles. The van der Waals surface area contributed by atoms with Crippen molar-refractivity contribution in [1.82, 2.24) is 29.7 Å². The van der Waals surface area contributed by atoms with E-state index in [9.17, 15) is 27.2 Å². The van der Waals surface area contributed by atoms with Gasteiger partial charge in [0, 0.05) is 37.0 Å². The zero-order chi connectivity index (χ0) is 24.1. The number of pyridine rings is 1. The molecular weight excluding hydrogens is 461 g/mol. The van der Waals surface area contributed by atoms with Crippen LogP contribution in [-0.4, -0.2) is 41.7 Å². The van der Waals surface area contributed by atoms with Crippen molar-refractivity contribution in [2.75, 3.05) is 10.6 Å². The van der Waals surface area contributed by atoms with Gasteiger partial charge in [0.25, 0.3) is 11.9 Å². The molecule has 3 heterocycles. The van der Waals surface area contributed by atoms with Crippen LogP contribution in [0.15, 0.2) is 30.6 Å². The number of halogens is 5. The molecule has 0 bridgehead atoms. The molecule has 0 saturated heterocycles. The van der Waals surface area contributed by atoms with E-state index in [1.807, 2.05) is 0 Å². The maximum absolute atomic E-state index is 13.2. The molecule has 2 aliphatic rings. The van der Waals surface area contributed by atoms with Crippen LogP contribution in [0.4, 0.5) is 39.5 Å². The van der Waals surface area contributed by atoms with E-state index >= 15 is 0 Å². The van der Waals surface area contributed by atoms with Crippen LogP contribution in [-0.2, 0) is 11.6 Å². The molecule has 34 heavy (non-hydrogen) atoms. The minimum Gasteiger partial charge on any atom is -0.351 e. The lowest BCUT2D eigenvalue weighted by Gasteiger charge is -2.35. The van der Waals surface area contributed by atoms with E-state index in [1.54, 1.807) is 12.1 Å². The van der Waals surface area contributed by atoms with Crippen LogP contribution in [0.2, 0.25) is 0 Å². The van der Waals surface area contributed by atoms with Gasteiger partial charge < -0.3 is 10.6 Å². The van der Waals surface area contributed by atoms with Gasteiger partial charge >= 0.3 is 6.18 Å². The number of nitrogens with zero attached hydrogens (tertiary/aromatic N) is 7. The van der Waals surface area contributed by atoms with Crippen molar-refractivity contribution in [1.29, 1.82) is 5.26 Å². The smallest absolute Gasteiger partial charge is 0.351 e. The number of nitrogens with one attached hydrogen (secondary N) is 2. The molecule has 0 aromatic carbocycles. The van der Waals surface area contributed by atoms with E-state index in [2.05, 4.69) is 41.7 Å². The van der Waals surface area contributed by atoms with Crippen LogP contribution < -0.4 is 10.6 Å². The standard InChI is InChI=1S/C20H16F5N9/c21-19(22)8-12(9-19)29-16-30-15(28-11-1-5-27-14(7-11)18(10-26)3-4-18)31-17(32-16)34-6-2-13(33-34)20(23,24)25/h1-2,5-7,12H,3-4,8-9H2,(H2,27,28,29,30,31,32). The maximum Gasteiger partial charge on any atom is 0.435 e. The van der Waals surface area contributed by atoms with E-state index in [4.69, 9.17) is 0 Å². The van der Waals surface area contributed by atoms with Gasteiger partial charge in [0.15, 0.2) is 5.69 Å². The molecule has 5 rings (SSSR count). The Balaban J connectivity index is 1.46. The Bertz CT molecular complexity index is 1270. The Morgan fingerprint density at radius 2 is 1.82 bits per heavy atom. The number of hydrogen-bond acceptors (Lipinski definition) is 8. The zero-order valence-electron chi connectivity index (χ0n) is 17.3. The van der Waals surface area contributed by atoms with Gasteiger partial charge in [-0.1, -0.05) is 0 Å². The first kappa shape index (κ1) is 21.9. The predicted octanol–water partition coefficient (Wildman–Crippen LogP) is 3.98. The van der Waals surface area contributed by atoms with Crippen molar-refractivity contribution in [3.05, 3.63) is 42.0 Å². The summed E-state index contributed by atoms with van der Waals surface area (Å²) in [7, 11) is 0. The van der Waals surface area contributed by atoms with Crippen LogP contribution in [0.3, 0.4) is 0 Å². The molecule has 0 unspecified atom stereocenters. The molecule has 9 nitrogen and oxygen atoms in total. The second-order valence-corrected chi connectivity index (χ2v) is 8.28. The first-order chi connectivity index (χ1) is 16.1. The number of aromatic nitrogens is 6. The third-order valence-corrected chi connectivity index (χ3v) is 5.60. The van der Waals surface area contributed by atoms with Crippen molar-refractivity contribution >= 4 is 17.6 Å². The SMILES string of the molecule is N#CC1(c2cc(Nc3nc(NC4CC(F)(F)C4)nc(-n4ccc(C(F)(F)F)n4)n3)ccn2)CC1. The summed E-state index contributed by atoms with van der Waals surface area (Å²) >= 11 is 0. The third kappa shape index (κ3) is 4.33. The Kier molecular flexibility index (Phi) is 4.88. The van der Waals surface area contributed by atoms with Crippen molar-refractivity contribution in [3.63, 3.8) is 0 Å². The Labute approximate surface area is 189 Å². The molecule has 14 heteroatoms. The molecule has 0 radical (unpaired) electrons. The van der Waals surface area contributed by atoms with Gasteiger partial charge in [0.2, 0.25) is 11.9 Å². The highest BCUT2D eigenvalue weighted by atomic mass is 19.4. The summed E-state index contributed by atoms with van der Waals surface area (Å²) in [6.07, 6.45) is -1.56. The zero-order valence-corrected chi connectivity index (χ0v) is 17.3. The van der Waals surface area contributed by atoms with Crippen LogP contribution >= 0.6 is 0 Å². The van der Waals surface area contributed by atoms with E-state index in [0.29, 0.717) is 24.2 Å². The number of rotatable bonds is 6. The largest absolute Gasteiger partial charge is 0.435 e. The highest BCUT2D eigenvalue weighted by Crippen LogP contribution is 2.47. The lowest BCUT2D eigenvalue weighted by molar-refractivity contribution is -0.141. The van der Waals surface area contributed by atoms with Crippen molar-refractivity contribution < 1.29 is 22.0 Å². The van der Waals surface area contributed by atoms with Gasteiger partial charge in [-0.3, -0.25) is 4.98 Å². The minimum atomic E-state index is -4.66. The van der Waals surface area contributed by atoms with Crippen molar-refractivity contribution in [2.24, 2.45) is 0 Å². The second-order valence-electron chi connectivity index (χ2n) is 8.28. The fourth-order valence-corrected chi connectivity index (χ4v) is 3.57. The lowest BCUT2D eigenvalue weighted by atomic mass is 9.88. The maximum atomic E-state index is 13.2. The predicted molar refractivity (Wildman–Crippen MR) is 108 cm³/mol. The average Bonchev–Trinajstić information content (AvgIpc) is 3.38. The van der Waals surface area contributed by atoms with Crippen LogP contribution in [0.1, 0.15) is 37.1 Å². The first-order valence-corrected chi connectivity index (χ1v) is 10.2. The number of alkyl halides is 5. The molecule has 0 amide bonds. The van der Waals surface area contributed by atoms with Gasteiger partial charge in [-0.2, -0.15) is 38.5 Å². The summed E-state index contributed by atoms with van der Waals surface area (Å²) in [6, 6.07) is 5.69. The Hall–Kier alpha value is -3.89. The van der Waals surface area contributed by atoms with E-state index in [1.165, 1.54) is 6.20 Å². The highest BCUT2D eigenvalue weighted by molar-refractivity contribution is 5.56. The molecule has 2 aliphatic carbocycles. The third-order valence-electron chi connectivity index (χ3n) is 5.60. The molecule has 2 N–H and O–H groups in total. The quantitative estimate of drug-likeness (QED) is 0.512. The fraction of sp³-hybridized carbons (Fsp3) is 0.400. The van der Waals surface area contributed by atoms with E-state index < -0.39 is 42.1 Å². The number of anilines is 3. The summed E-state index contributed by atoms with van der Waals surface area (Å²) in [5.41, 5.74) is -0.708. The topological polar surface area (TPSA) is 117 Å². The molecule has 2 fully saturated rings. The lowest BCUT2D eigenvalue weighted by Crippen LogP contribution is -2.44. The summed E-state index contributed by atoms with van der Waals surface area (Å²) in [4.78, 5) is 16.6. The van der Waals surface area contributed by atoms with E-state index in [-0.39, 0.29) is 17.8 Å². The van der Waals surface area contributed by atoms with Crippen molar-refractivity contribution in [2.45, 2.75) is 49.2 Å². The van der Waals surface area contributed by atoms with Crippen molar-refractivity contribution in [3.8, 4) is 12.0 Å². The number of nitriles is 1. The first-order valence-electron chi connectivity index (χ1n) is 10.2. The minimum absolute atomic E-state index is 0.0541. The molecule has 0 aliphatic heterocycles. The molecule has 3 aromatic heterocycles. The molecule has 0 spiro atoms. The summed E-state index contributed by atoms with van der Waals surface area (Å²) in [5.74, 6) is -3.18. The molecule has 3 aromatic rings. The Morgan fingerprint density at radius 1 is 1.09 bits per heavy atom.